The van der Waals surface area contributed by atoms with Crippen LogP contribution in [0.15, 0.2) is 12.1 Å². The van der Waals surface area contributed by atoms with Crippen LogP contribution in [0.4, 0.5) is 0 Å². The van der Waals surface area contributed by atoms with Gasteiger partial charge < -0.3 is 15.6 Å². The molecule has 3 N–H and O–H groups in total. The molecule has 0 fully saturated rings. The Morgan fingerprint density at radius 1 is 1.21 bits per heavy atom. The molecule has 108 valence electrons. The van der Waals surface area contributed by atoms with E-state index in [9.17, 15) is 5.11 Å². The van der Waals surface area contributed by atoms with Gasteiger partial charge in [-0.3, -0.25) is 0 Å². The molecule has 0 heterocycles. The third-order valence-electron chi connectivity index (χ3n) is 3.96. The van der Waals surface area contributed by atoms with Crippen molar-refractivity contribution in [1.29, 1.82) is 0 Å². The molecule has 0 aliphatic heterocycles. The van der Waals surface area contributed by atoms with Crippen LogP contribution in [-0.2, 0) is 0 Å². The number of ether oxygens (including phenoxy) is 1. The van der Waals surface area contributed by atoms with Crippen molar-refractivity contribution < 1.29 is 9.84 Å². The number of hydrogen-bond acceptors (Lipinski definition) is 3. The molecule has 0 aliphatic carbocycles. The second-order valence-electron chi connectivity index (χ2n) is 5.48. The molecular formula is C16H27NO2. The molecule has 0 aliphatic rings. The van der Waals surface area contributed by atoms with Crippen molar-refractivity contribution in [1.82, 2.24) is 0 Å². The Labute approximate surface area is 116 Å². The summed E-state index contributed by atoms with van der Waals surface area (Å²) in [6.07, 6.45) is 2.42. The molecule has 0 saturated heterocycles. The standard InChI is InChI=1S/C16H27NO2/c1-5-16(17,11-18)9-6-10-19-15-13(3)8-7-12(2)14(15)4/h7-8,18H,5-6,9-11,17H2,1-4H3. The average molecular weight is 265 g/mol. The second kappa shape index (κ2) is 6.92. The number of rotatable bonds is 7. The van der Waals surface area contributed by atoms with E-state index in [1.165, 1.54) is 16.7 Å². The van der Waals surface area contributed by atoms with Crippen LogP contribution in [0, 0.1) is 20.8 Å². The molecular weight excluding hydrogens is 238 g/mol. The van der Waals surface area contributed by atoms with Crippen LogP contribution in [0.2, 0.25) is 0 Å². The van der Waals surface area contributed by atoms with Crippen molar-refractivity contribution >= 4 is 0 Å². The Morgan fingerprint density at radius 3 is 2.42 bits per heavy atom. The summed E-state index contributed by atoms with van der Waals surface area (Å²) < 4.78 is 5.90. The molecule has 0 bridgehead atoms. The van der Waals surface area contributed by atoms with Gasteiger partial charge in [0.1, 0.15) is 5.75 Å². The van der Waals surface area contributed by atoms with E-state index in [-0.39, 0.29) is 6.61 Å². The van der Waals surface area contributed by atoms with Crippen LogP contribution in [-0.4, -0.2) is 23.9 Å². The molecule has 1 aromatic rings. The Balaban J connectivity index is 2.53. The highest BCUT2D eigenvalue weighted by atomic mass is 16.5. The van der Waals surface area contributed by atoms with E-state index in [0.29, 0.717) is 6.61 Å². The first kappa shape index (κ1) is 16.0. The molecule has 19 heavy (non-hydrogen) atoms. The number of benzene rings is 1. The SMILES string of the molecule is CCC(N)(CO)CCCOc1c(C)ccc(C)c1C. The lowest BCUT2D eigenvalue weighted by molar-refractivity contribution is 0.171. The first-order chi connectivity index (χ1) is 8.93. The normalized spacial score (nSPS) is 14.2. The zero-order valence-electron chi connectivity index (χ0n) is 12.6. The minimum absolute atomic E-state index is 0.0337. The van der Waals surface area contributed by atoms with Crippen LogP contribution in [0.1, 0.15) is 42.9 Å². The summed E-state index contributed by atoms with van der Waals surface area (Å²) in [4.78, 5) is 0. The summed E-state index contributed by atoms with van der Waals surface area (Å²) in [6.45, 7) is 8.93. The predicted octanol–water partition coefficient (Wildman–Crippen LogP) is 2.87. The fourth-order valence-electron chi connectivity index (χ4n) is 2.11. The van der Waals surface area contributed by atoms with Crippen molar-refractivity contribution in [2.24, 2.45) is 5.73 Å². The highest BCUT2D eigenvalue weighted by molar-refractivity contribution is 5.44. The predicted molar refractivity (Wildman–Crippen MR) is 79.7 cm³/mol. The molecule has 0 radical (unpaired) electrons. The van der Waals surface area contributed by atoms with E-state index in [4.69, 9.17) is 10.5 Å². The molecule has 3 heteroatoms. The highest BCUT2D eigenvalue weighted by Crippen LogP contribution is 2.26. The molecule has 1 atom stereocenters. The van der Waals surface area contributed by atoms with Crippen molar-refractivity contribution in [2.45, 2.75) is 52.5 Å². The van der Waals surface area contributed by atoms with Crippen molar-refractivity contribution in [2.75, 3.05) is 13.2 Å². The maximum Gasteiger partial charge on any atom is 0.125 e. The fourth-order valence-corrected chi connectivity index (χ4v) is 2.11. The van der Waals surface area contributed by atoms with Gasteiger partial charge >= 0.3 is 0 Å². The van der Waals surface area contributed by atoms with Gasteiger partial charge in [0, 0.05) is 5.54 Å². The number of aliphatic hydroxyl groups is 1. The minimum atomic E-state index is -0.458. The van der Waals surface area contributed by atoms with Gasteiger partial charge in [-0.2, -0.15) is 0 Å². The van der Waals surface area contributed by atoms with E-state index in [2.05, 4.69) is 32.9 Å². The Bertz CT molecular complexity index is 411. The van der Waals surface area contributed by atoms with E-state index in [1.54, 1.807) is 0 Å². The highest BCUT2D eigenvalue weighted by Gasteiger charge is 2.20. The summed E-state index contributed by atoms with van der Waals surface area (Å²) in [7, 11) is 0. The summed E-state index contributed by atoms with van der Waals surface area (Å²) in [5.41, 5.74) is 9.22. The van der Waals surface area contributed by atoms with E-state index < -0.39 is 5.54 Å². The first-order valence-electron chi connectivity index (χ1n) is 7.03. The molecule has 0 saturated carbocycles. The zero-order valence-corrected chi connectivity index (χ0v) is 12.6. The van der Waals surface area contributed by atoms with Crippen LogP contribution in [0.25, 0.3) is 0 Å². The van der Waals surface area contributed by atoms with Crippen LogP contribution >= 0.6 is 0 Å². The number of hydrogen-bond donors (Lipinski definition) is 2. The van der Waals surface area contributed by atoms with Gasteiger partial charge in [0.15, 0.2) is 0 Å². The number of nitrogens with two attached hydrogens (primary N) is 1. The quantitative estimate of drug-likeness (QED) is 0.745. The van der Waals surface area contributed by atoms with E-state index in [0.717, 1.165) is 25.0 Å². The molecule has 1 aromatic carbocycles. The average Bonchev–Trinajstić information content (AvgIpc) is 2.42. The largest absolute Gasteiger partial charge is 0.493 e. The van der Waals surface area contributed by atoms with Crippen LogP contribution < -0.4 is 10.5 Å². The van der Waals surface area contributed by atoms with Gasteiger partial charge in [0.25, 0.3) is 0 Å². The monoisotopic (exact) mass is 265 g/mol. The Morgan fingerprint density at radius 2 is 1.84 bits per heavy atom. The van der Waals surface area contributed by atoms with Gasteiger partial charge in [0.2, 0.25) is 0 Å². The molecule has 3 nitrogen and oxygen atoms in total. The topological polar surface area (TPSA) is 55.5 Å². The molecule has 1 unspecified atom stereocenters. The van der Waals surface area contributed by atoms with Crippen molar-refractivity contribution in [3.05, 3.63) is 28.8 Å². The summed E-state index contributed by atoms with van der Waals surface area (Å²) in [5.74, 6) is 0.989. The van der Waals surface area contributed by atoms with Gasteiger partial charge in [-0.25, -0.2) is 0 Å². The smallest absolute Gasteiger partial charge is 0.125 e. The van der Waals surface area contributed by atoms with E-state index >= 15 is 0 Å². The molecule has 0 amide bonds. The van der Waals surface area contributed by atoms with Gasteiger partial charge in [-0.1, -0.05) is 19.1 Å². The maximum absolute atomic E-state index is 9.26. The summed E-state index contributed by atoms with van der Waals surface area (Å²) in [5, 5.41) is 9.26. The lowest BCUT2D eigenvalue weighted by atomic mass is 9.93. The zero-order chi connectivity index (χ0) is 14.5. The van der Waals surface area contributed by atoms with Gasteiger partial charge in [-0.05, 0) is 56.7 Å². The Kier molecular flexibility index (Phi) is 5.83. The van der Waals surface area contributed by atoms with Crippen molar-refractivity contribution in [3.8, 4) is 5.75 Å². The minimum Gasteiger partial charge on any atom is -0.493 e. The second-order valence-corrected chi connectivity index (χ2v) is 5.48. The van der Waals surface area contributed by atoms with E-state index in [1.807, 2.05) is 6.92 Å². The molecule has 1 rings (SSSR count). The molecule has 0 aromatic heterocycles. The number of aryl methyl sites for hydroxylation is 2. The maximum atomic E-state index is 9.26. The summed E-state index contributed by atoms with van der Waals surface area (Å²) in [6, 6.07) is 4.20. The lowest BCUT2D eigenvalue weighted by Crippen LogP contribution is -2.43. The van der Waals surface area contributed by atoms with Crippen LogP contribution in [0.5, 0.6) is 5.75 Å². The van der Waals surface area contributed by atoms with Gasteiger partial charge in [-0.15, -0.1) is 0 Å². The van der Waals surface area contributed by atoms with Crippen LogP contribution in [0.3, 0.4) is 0 Å². The third-order valence-corrected chi connectivity index (χ3v) is 3.96. The Hall–Kier alpha value is -1.06. The summed E-state index contributed by atoms with van der Waals surface area (Å²) >= 11 is 0. The first-order valence-corrected chi connectivity index (χ1v) is 7.03. The lowest BCUT2D eigenvalue weighted by Gasteiger charge is -2.25. The van der Waals surface area contributed by atoms with Gasteiger partial charge in [0.05, 0.1) is 13.2 Å². The third kappa shape index (κ3) is 4.22. The van der Waals surface area contributed by atoms with Crippen molar-refractivity contribution in [3.63, 3.8) is 0 Å². The fraction of sp³-hybridized carbons (Fsp3) is 0.625. The molecule has 0 spiro atoms. The number of aliphatic hydroxyl groups excluding tert-OH is 1.